The lowest BCUT2D eigenvalue weighted by Gasteiger charge is -2.38. The summed E-state index contributed by atoms with van der Waals surface area (Å²) in [5, 5.41) is 1.57. The lowest BCUT2D eigenvalue weighted by atomic mass is 9.30. The number of ether oxygens (including phenoxy) is 6. The van der Waals surface area contributed by atoms with Crippen molar-refractivity contribution in [3.8, 4) is 69.0 Å². The highest BCUT2D eigenvalue weighted by Crippen LogP contribution is 2.43. The quantitative estimate of drug-likeness (QED) is 0.182. The van der Waals surface area contributed by atoms with E-state index < -0.39 is 0 Å². The molecule has 252 valence electrons. The van der Waals surface area contributed by atoms with E-state index in [1.165, 1.54) is 0 Å². The summed E-state index contributed by atoms with van der Waals surface area (Å²) in [6.45, 7) is -0.583. The molecule has 0 amide bonds. The fourth-order valence-electron chi connectivity index (χ4n) is 9.28. The minimum absolute atomic E-state index is 0.158. The lowest BCUT2D eigenvalue weighted by Crippen LogP contribution is -2.63. The molecule has 54 heavy (non-hydrogen) atoms. The molecule has 0 spiro atoms. The van der Waals surface area contributed by atoms with Gasteiger partial charge in [-0.15, -0.1) is 0 Å². The Labute approximate surface area is 324 Å². The van der Waals surface area contributed by atoms with Gasteiger partial charge >= 0.3 is 0 Å². The Morgan fingerprint density at radius 3 is 0.889 bits per heavy atom. The molecule has 0 N–H and O–H groups in total. The zero-order valence-corrected chi connectivity index (χ0v) is 30.0. The van der Waals surface area contributed by atoms with Gasteiger partial charge in [0.15, 0.2) is 0 Å². The van der Waals surface area contributed by atoms with Crippen LogP contribution in [0, 0.1) is 0 Å². The normalized spacial score (nSPS) is 14.6. The van der Waals surface area contributed by atoms with Crippen LogP contribution in [0.15, 0.2) is 109 Å². The Balaban J connectivity index is 1.05. The maximum absolute atomic E-state index is 6.72. The molecule has 13 rings (SSSR count). The van der Waals surface area contributed by atoms with Gasteiger partial charge in [-0.3, -0.25) is 0 Å². The zero-order valence-electron chi connectivity index (χ0n) is 27.7. The second-order valence-corrected chi connectivity index (χ2v) is 15.6. The van der Waals surface area contributed by atoms with Crippen LogP contribution in [0.1, 0.15) is 0 Å². The largest absolute Gasteiger partial charge is 0.458 e. The van der Waals surface area contributed by atoms with Crippen molar-refractivity contribution in [2.75, 3.05) is 0 Å². The second-order valence-electron chi connectivity index (χ2n) is 14.3. The van der Waals surface area contributed by atoms with Crippen molar-refractivity contribution in [1.29, 1.82) is 0 Å². The number of benzene rings is 7. The molecule has 0 aliphatic carbocycles. The van der Waals surface area contributed by atoms with Gasteiger partial charge in [-0.05, 0) is 81.3 Å². The van der Waals surface area contributed by atoms with Crippen LogP contribution in [0.4, 0.5) is 0 Å². The Kier molecular flexibility index (Phi) is 5.70. The van der Waals surface area contributed by atoms with Gasteiger partial charge in [0.05, 0.1) is 0 Å². The minimum atomic E-state index is -0.266. The Hall–Kier alpha value is -5.60. The summed E-state index contributed by atoms with van der Waals surface area (Å²) in [6.07, 6.45) is 0. The molecule has 0 aromatic heterocycles. The molecule has 0 saturated heterocycles. The third kappa shape index (κ3) is 3.91. The molecule has 7 aromatic carbocycles. The van der Waals surface area contributed by atoms with Crippen LogP contribution >= 0.6 is 34.8 Å². The van der Waals surface area contributed by atoms with Gasteiger partial charge in [0.2, 0.25) is 0 Å². The van der Waals surface area contributed by atoms with Gasteiger partial charge in [-0.2, -0.15) is 0 Å². The van der Waals surface area contributed by atoms with E-state index in [1.807, 2.05) is 84.9 Å². The SMILES string of the molecule is Clc1cc2c3c(c1)Oc1cc4c(cc1B3c1ccccc1O2)B1c2cc3c(cc2Oc2cc(Cl)cc(c21)O4)Oc1cc(Cl)cc2c1B3c1ccccc1O2. The monoisotopic (exact) mass is 756 g/mol. The number of hydrogen-bond acceptors (Lipinski definition) is 6. The van der Waals surface area contributed by atoms with Gasteiger partial charge in [-0.25, -0.2) is 0 Å². The van der Waals surface area contributed by atoms with Crippen molar-refractivity contribution in [1.82, 2.24) is 0 Å². The smallest absolute Gasteiger partial charge is 0.260 e. The van der Waals surface area contributed by atoms with Crippen molar-refractivity contribution in [3.63, 3.8) is 0 Å². The average Bonchev–Trinajstić information content (AvgIpc) is 3.15. The molecule has 0 unspecified atom stereocenters. The molecular formula is C42H18B3Cl3O6. The summed E-state index contributed by atoms with van der Waals surface area (Å²) in [5.41, 5.74) is 8.88. The second kappa shape index (κ2) is 10.3. The van der Waals surface area contributed by atoms with Crippen LogP contribution in [0.3, 0.4) is 0 Å². The van der Waals surface area contributed by atoms with Crippen molar-refractivity contribution in [2.45, 2.75) is 0 Å². The number of rotatable bonds is 0. The van der Waals surface area contributed by atoms with E-state index in [9.17, 15) is 0 Å². The first-order valence-corrected chi connectivity index (χ1v) is 18.7. The Bertz CT molecular complexity index is 2740. The van der Waals surface area contributed by atoms with E-state index in [-0.39, 0.29) is 20.1 Å². The molecule has 0 radical (unpaired) electrons. The molecule has 0 saturated carbocycles. The fraction of sp³-hybridized carbons (Fsp3) is 0. The molecule has 6 nitrogen and oxygen atoms in total. The topological polar surface area (TPSA) is 55.4 Å². The highest BCUT2D eigenvalue weighted by atomic mass is 35.5. The standard InChI is InChI=1S/C42H18B3Cl3O6/c46-19-9-34-40-36(11-19)51-30-17-32-26(15-24(30)43(40)22-5-1-3-7-28(22)49-34)45-27-16-25-31(18-33(27)54-39-14-21(48)13-38(53-32)42(39)45)52-37-12-20(47)10-35-41(37)44(25)23-6-2-4-8-29(23)50-35/h1-18H. The van der Waals surface area contributed by atoms with Crippen molar-refractivity contribution in [2.24, 2.45) is 0 Å². The fourth-order valence-corrected chi connectivity index (χ4v) is 9.88. The van der Waals surface area contributed by atoms with E-state index in [2.05, 4.69) is 24.3 Å². The Morgan fingerprint density at radius 1 is 0.278 bits per heavy atom. The molecule has 6 aliphatic heterocycles. The van der Waals surface area contributed by atoms with Crippen molar-refractivity contribution in [3.05, 3.63) is 124 Å². The van der Waals surface area contributed by atoms with Gasteiger partial charge in [0.25, 0.3) is 20.1 Å². The molecule has 6 heterocycles. The number of hydrogen-bond donors (Lipinski definition) is 0. The summed E-state index contributed by atoms with van der Waals surface area (Å²) in [4.78, 5) is 0. The van der Waals surface area contributed by atoms with E-state index >= 15 is 0 Å². The van der Waals surface area contributed by atoms with E-state index in [0.717, 1.165) is 60.7 Å². The van der Waals surface area contributed by atoms with E-state index in [4.69, 9.17) is 63.2 Å². The average molecular weight is 757 g/mol. The van der Waals surface area contributed by atoms with Crippen LogP contribution in [0.25, 0.3) is 0 Å². The first-order valence-electron chi connectivity index (χ1n) is 17.5. The molecule has 0 bridgehead atoms. The van der Waals surface area contributed by atoms with Gasteiger partial charge < -0.3 is 28.4 Å². The molecule has 0 fully saturated rings. The minimum Gasteiger partial charge on any atom is -0.458 e. The summed E-state index contributed by atoms with van der Waals surface area (Å²) in [7, 11) is 0. The van der Waals surface area contributed by atoms with Crippen LogP contribution in [0.5, 0.6) is 69.0 Å². The third-order valence-corrected chi connectivity index (χ3v) is 12.0. The van der Waals surface area contributed by atoms with Crippen LogP contribution in [0.2, 0.25) is 15.1 Å². The summed E-state index contributed by atoms with van der Waals surface area (Å²) in [5.74, 6) is 8.24. The summed E-state index contributed by atoms with van der Waals surface area (Å²) in [6, 6.07) is 35.8. The predicted molar refractivity (Wildman–Crippen MR) is 215 cm³/mol. The molecular weight excluding hydrogens is 739 g/mol. The maximum Gasteiger partial charge on any atom is 0.260 e. The number of fused-ring (bicyclic) bond motifs is 12. The molecule has 0 atom stereocenters. The van der Waals surface area contributed by atoms with Gasteiger partial charge in [0, 0.05) is 43.6 Å². The molecule has 12 heteroatoms. The highest BCUT2D eigenvalue weighted by molar-refractivity contribution is 7.02. The highest BCUT2D eigenvalue weighted by Gasteiger charge is 2.47. The third-order valence-electron chi connectivity index (χ3n) is 11.4. The van der Waals surface area contributed by atoms with Gasteiger partial charge in [0.1, 0.15) is 69.0 Å². The molecule has 6 aliphatic rings. The summed E-state index contributed by atoms with van der Waals surface area (Å²) >= 11 is 19.9. The summed E-state index contributed by atoms with van der Waals surface area (Å²) < 4.78 is 39.5. The first kappa shape index (κ1) is 29.8. The van der Waals surface area contributed by atoms with Crippen LogP contribution < -0.4 is 77.6 Å². The van der Waals surface area contributed by atoms with E-state index in [1.54, 1.807) is 0 Å². The Morgan fingerprint density at radius 2 is 0.556 bits per heavy atom. The van der Waals surface area contributed by atoms with Crippen LogP contribution in [-0.4, -0.2) is 20.1 Å². The lowest BCUT2D eigenvalue weighted by molar-refractivity contribution is 0.448. The van der Waals surface area contributed by atoms with Gasteiger partial charge in [-0.1, -0.05) is 83.3 Å². The maximum atomic E-state index is 6.72. The number of halogens is 3. The zero-order chi connectivity index (χ0) is 35.6. The van der Waals surface area contributed by atoms with Crippen molar-refractivity contribution >= 4 is 104 Å². The van der Waals surface area contributed by atoms with Crippen LogP contribution in [-0.2, 0) is 0 Å². The first-order chi connectivity index (χ1) is 26.4. The van der Waals surface area contributed by atoms with Crippen molar-refractivity contribution < 1.29 is 28.4 Å². The predicted octanol–water partition coefficient (Wildman–Crippen LogP) is 5.83. The van der Waals surface area contributed by atoms with E-state index in [0.29, 0.717) is 72.6 Å². The molecule has 7 aromatic rings. The number of para-hydroxylation sites is 2.